The molecule has 1 aromatic carbocycles. The fourth-order valence-electron chi connectivity index (χ4n) is 1.67. The molecule has 3 N–H and O–H groups in total. The quantitative estimate of drug-likeness (QED) is 0.789. The van der Waals surface area contributed by atoms with Crippen molar-refractivity contribution >= 4 is 17.4 Å². The largest absolute Gasteiger partial charge is 0.392 e. The fourth-order valence-corrected chi connectivity index (χ4v) is 1.67. The molecule has 1 atom stereocenters. The fraction of sp³-hybridized carbons (Fsp3) is 0.200. The first kappa shape index (κ1) is 14.9. The highest BCUT2D eigenvalue weighted by atomic mass is 19.1. The Hall–Kier alpha value is -2.47. The molecule has 0 radical (unpaired) electrons. The van der Waals surface area contributed by atoms with Crippen LogP contribution in [0.25, 0.3) is 0 Å². The van der Waals surface area contributed by atoms with Crippen molar-refractivity contribution in [2.45, 2.75) is 13.0 Å². The monoisotopic (exact) mass is 289 g/mol. The van der Waals surface area contributed by atoms with E-state index in [2.05, 4.69) is 15.6 Å². The van der Waals surface area contributed by atoms with Gasteiger partial charge in [-0.15, -0.1) is 0 Å². The molecule has 0 saturated heterocycles. The molecule has 0 aliphatic heterocycles. The van der Waals surface area contributed by atoms with Crippen LogP contribution in [-0.2, 0) is 0 Å². The number of halogens is 1. The molecule has 110 valence electrons. The van der Waals surface area contributed by atoms with Crippen molar-refractivity contribution < 1.29 is 14.3 Å². The van der Waals surface area contributed by atoms with Crippen molar-refractivity contribution in [3.8, 4) is 0 Å². The molecular weight excluding hydrogens is 273 g/mol. The molecule has 6 heteroatoms. The standard InChI is InChI=1S/C15H16FN3O2/c1-10(20)8-17-14-7-6-11(9-18-14)19-15(21)12-4-2-3-5-13(12)16/h2-7,9-10,20H,8H2,1H3,(H,17,18)(H,19,21). The van der Waals surface area contributed by atoms with Gasteiger partial charge >= 0.3 is 0 Å². The summed E-state index contributed by atoms with van der Waals surface area (Å²) in [5.74, 6) is -0.516. The Balaban J connectivity index is 2.00. The van der Waals surface area contributed by atoms with Crippen molar-refractivity contribution in [3.05, 3.63) is 54.0 Å². The Kier molecular flexibility index (Phi) is 4.84. The van der Waals surface area contributed by atoms with Crippen molar-refractivity contribution in [2.24, 2.45) is 0 Å². The molecule has 5 nitrogen and oxygen atoms in total. The number of amides is 1. The lowest BCUT2D eigenvalue weighted by atomic mass is 10.2. The predicted octanol–water partition coefficient (Wildman–Crippen LogP) is 2.27. The lowest BCUT2D eigenvalue weighted by Crippen LogP contribution is -2.16. The average Bonchev–Trinajstić information content (AvgIpc) is 2.47. The number of anilines is 2. The summed E-state index contributed by atoms with van der Waals surface area (Å²) in [5, 5.41) is 14.7. The zero-order chi connectivity index (χ0) is 15.2. The van der Waals surface area contributed by atoms with Crippen molar-refractivity contribution in [1.29, 1.82) is 0 Å². The molecule has 2 aromatic rings. The third kappa shape index (κ3) is 4.25. The van der Waals surface area contributed by atoms with E-state index >= 15 is 0 Å². The Labute approximate surface area is 121 Å². The normalized spacial score (nSPS) is 11.8. The molecular formula is C15H16FN3O2. The van der Waals surface area contributed by atoms with Gasteiger partial charge in [0, 0.05) is 6.54 Å². The number of aliphatic hydroxyl groups excluding tert-OH is 1. The number of nitrogens with zero attached hydrogens (tertiary/aromatic N) is 1. The van der Waals surface area contributed by atoms with Gasteiger partial charge < -0.3 is 15.7 Å². The molecule has 0 aliphatic carbocycles. The van der Waals surface area contributed by atoms with Gasteiger partial charge in [-0.25, -0.2) is 9.37 Å². The van der Waals surface area contributed by atoms with Gasteiger partial charge in [0.05, 0.1) is 23.6 Å². The van der Waals surface area contributed by atoms with Gasteiger partial charge in [-0.05, 0) is 31.2 Å². The summed E-state index contributed by atoms with van der Waals surface area (Å²) in [4.78, 5) is 16.0. The number of benzene rings is 1. The van der Waals surface area contributed by atoms with Crippen molar-refractivity contribution in [3.63, 3.8) is 0 Å². The van der Waals surface area contributed by atoms with Crippen LogP contribution >= 0.6 is 0 Å². The SMILES string of the molecule is CC(O)CNc1ccc(NC(=O)c2ccccc2F)cn1. The second-order valence-corrected chi connectivity index (χ2v) is 4.60. The van der Waals surface area contributed by atoms with Gasteiger partial charge in [0.1, 0.15) is 11.6 Å². The van der Waals surface area contributed by atoms with Crippen LogP contribution in [0.5, 0.6) is 0 Å². The highest BCUT2D eigenvalue weighted by Crippen LogP contribution is 2.13. The van der Waals surface area contributed by atoms with Crippen LogP contribution in [0.1, 0.15) is 17.3 Å². The zero-order valence-electron chi connectivity index (χ0n) is 11.5. The van der Waals surface area contributed by atoms with E-state index in [-0.39, 0.29) is 5.56 Å². The maximum atomic E-state index is 13.5. The van der Waals surface area contributed by atoms with Crippen LogP contribution in [0.15, 0.2) is 42.6 Å². The van der Waals surface area contributed by atoms with Gasteiger partial charge in [0.15, 0.2) is 0 Å². The number of aromatic nitrogens is 1. The minimum Gasteiger partial charge on any atom is -0.392 e. The number of rotatable bonds is 5. The summed E-state index contributed by atoms with van der Waals surface area (Å²) in [6.07, 6.45) is 0.982. The molecule has 1 unspecified atom stereocenters. The smallest absolute Gasteiger partial charge is 0.258 e. The number of carbonyl (C=O) groups excluding carboxylic acids is 1. The number of hydrogen-bond donors (Lipinski definition) is 3. The minimum atomic E-state index is -0.571. The Morgan fingerprint density at radius 2 is 2.10 bits per heavy atom. The zero-order valence-corrected chi connectivity index (χ0v) is 11.5. The Bertz CT molecular complexity index is 615. The summed E-state index contributed by atoms with van der Waals surface area (Å²) >= 11 is 0. The van der Waals surface area contributed by atoms with Crippen molar-refractivity contribution in [2.75, 3.05) is 17.2 Å². The second-order valence-electron chi connectivity index (χ2n) is 4.60. The lowest BCUT2D eigenvalue weighted by Gasteiger charge is -2.09. The molecule has 1 amide bonds. The second kappa shape index (κ2) is 6.81. The molecule has 0 fully saturated rings. The van der Waals surface area contributed by atoms with E-state index in [0.29, 0.717) is 18.1 Å². The molecule has 0 bridgehead atoms. The number of pyridine rings is 1. The van der Waals surface area contributed by atoms with Gasteiger partial charge in [0.25, 0.3) is 5.91 Å². The van der Waals surface area contributed by atoms with E-state index < -0.39 is 17.8 Å². The highest BCUT2D eigenvalue weighted by Gasteiger charge is 2.10. The van der Waals surface area contributed by atoms with Crippen molar-refractivity contribution in [1.82, 2.24) is 4.98 Å². The highest BCUT2D eigenvalue weighted by molar-refractivity contribution is 6.04. The molecule has 0 spiro atoms. The van der Waals surface area contributed by atoms with Gasteiger partial charge in [-0.1, -0.05) is 12.1 Å². The van der Waals surface area contributed by atoms with Gasteiger partial charge in [-0.2, -0.15) is 0 Å². The maximum absolute atomic E-state index is 13.5. The summed E-state index contributed by atoms with van der Waals surface area (Å²) < 4.78 is 13.5. The van der Waals surface area contributed by atoms with Gasteiger partial charge in [0.2, 0.25) is 0 Å². The molecule has 0 saturated carbocycles. The van der Waals surface area contributed by atoms with Gasteiger partial charge in [-0.3, -0.25) is 4.79 Å². The molecule has 21 heavy (non-hydrogen) atoms. The molecule has 1 aromatic heterocycles. The summed E-state index contributed by atoms with van der Waals surface area (Å²) in [5.41, 5.74) is 0.444. The predicted molar refractivity (Wildman–Crippen MR) is 78.8 cm³/mol. The van der Waals surface area contributed by atoms with E-state index in [4.69, 9.17) is 5.11 Å². The molecule has 1 heterocycles. The first-order valence-electron chi connectivity index (χ1n) is 6.50. The Morgan fingerprint density at radius 3 is 2.71 bits per heavy atom. The maximum Gasteiger partial charge on any atom is 0.258 e. The molecule has 0 aliphatic rings. The van der Waals surface area contributed by atoms with Crippen LogP contribution < -0.4 is 10.6 Å². The third-order valence-corrected chi connectivity index (χ3v) is 2.72. The topological polar surface area (TPSA) is 74.2 Å². The van der Waals surface area contributed by atoms with E-state index in [0.717, 1.165) is 0 Å². The van der Waals surface area contributed by atoms with E-state index in [9.17, 15) is 9.18 Å². The van der Waals surface area contributed by atoms with Crippen LogP contribution in [0.3, 0.4) is 0 Å². The Morgan fingerprint density at radius 1 is 1.33 bits per heavy atom. The van der Waals surface area contributed by atoms with E-state index in [1.54, 1.807) is 25.1 Å². The summed E-state index contributed by atoms with van der Waals surface area (Å²) in [7, 11) is 0. The number of carbonyl (C=O) groups is 1. The lowest BCUT2D eigenvalue weighted by molar-refractivity contribution is 0.102. The van der Waals surface area contributed by atoms with Crippen LogP contribution in [0, 0.1) is 5.82 Å². The summed E-state index contributed by atoms with van der Waals surface area (Å²) in [6, 6.07) is 9.08. The summed E-state index contributed by atoms with van der Waals surface area (Å²) in [6.45, 7) is 2.05. The van der Waals surface area contributed by atoms with Crippen LogP contribution in [0.4, 0.5) is 15.9 Å². The third-order valence-electron chi connectivity index (χ3n) is 2.72. The molecule has 2 rings (SSSR count). The first-order valence-corrected chi connectivity index (χ1v) is 6.50. The number of aliphatic hydroxyl groups is 1. The van der Waals surface area contributed by atoms with Crippen LogP contribution in [0.2, 0.25) is 0 Å². The van der Waals surface area contributed by atoms with E-state index in [1.165, 1.54) is 24.4 Å². The number of nitrogens with one attached hydrogen (secondary N) is 2. The minimum absolute atomic E-state index is 0.0196. The average molecular weight is 289 g/mol. The number of hydrogen-bond acceptors (Lipinski definition) is 4. The first-order chi connectivity index (χ1) is 10.1. The van der Waals surface area contributed by atoms with E-state index in [1.807, 2.05) is 0 Å². The van der Waals surface area contributed by atoms with Crippen LogP contribution in [-0.4, -0.2) is 28.6 Å².